The summed E-state index contributed by atoms with van der Waals surface area (Å²) in [6, 6.07) is 0. The number of carbonyl (C=O) groups excluding carboxylic acids is 1. The largest absolute Gasteiger partial charge is 0.353 e. The molecule has 1 heterocycles. The van der Waals surface area contributed by atoms with Crippen LogP contribution < -0.4 is 5.32 Å². The molecule has 3 atom stereocenters. The van der Waals surface area contributed by atoms with Crippen LogP contribution in [0.25, 0.3) is 0 Å². The number of ether oxygens (including phenoxy) is 2. The molecule has 2 aliphatic carbocycles. The summed E-state index contributed by atoms with van der Waals surface area (Å²) >= 11 is 0. The highest BCUT2D eigenvalue weighted by atomic mass is 16.7. The predicted molar refractivity (Wildman–Crippen MR) is 71.5 cm³/mol. The zero-order valence-electron chi connectivity index (χ0n) is 12.0. The van der Waals surface area contributed by atoms with E-state index in [1.165, 1.54) is 12.8 Å². The fraction of sp³-hybridized carbons (Fsp3) is 0.933. The molecule has 0 aromatic heterocycles. The highest BCUT2D eigenvalue weighted by Gasteiger charge is 2.44. The number of nitrogens with one attached hydrogen (secondary N) is 1. The molecule has 3 aliphatic rings. The average molecular weight is 267 g/mol. The van der Waals surface area contributed by atoms with Gasteiger partial charge in [-0.15, -0.1) is 0 Å². The van der Waals surface area contributed by atoms with Gasteiger partial charge in [0.15, 0.2) is 5.79 Å². The maximum absolute atomic E-state index is 11.8. The van der Waals surface area contributed by atoms with Gasteiger partial charge >= 0.3 is 0 Å². The number of carbonyl (C=O) groups is 1. The van der Waals surface area contributed by atoms with Gasteiger partial charge < -0.3 is 14.8 Å². The second-order valence-electron chi connectivity index (χ2n) is 6.71. The standard InChI is InChI=1S/C15H25NO3/c1-10-3-5-15(6-4-10)18-9-12(19-15)8-16-14(17)13-7-11(13)2/h10-13H,3-9H2,1-2H3,(H,16,17). The Kier molecular flexibility index (Phi) is 3.56. The molecule has 108 valence electrons. The molecule has 19 heavy (non-hydrogen) atoms. The summed E-state index contributed by atoms with van der Waals surface area (Å²) in [6.07, 6.45) is 5.43. The molecule has 1 spiro atoms. The van der Waals surface area contributed by atoms with Crippen molar-refractivity contribution in [1.82, 2.24) is 5.32 Å². The van der Waals surface area contributed by atoms with E-state index in [2.05, 4.69) is 19.2 Å². The minimum atomic E-state index is -0.339. The topological polar surface area (TPSA) is 47.6 Å². The zero-order valence-corrected chi connectivity index (χ0v) is 12.0. The average Bonchev–Trinajstić information content (AvgIpc) is 3.00. The number of hydrogen-bond donors (Lipinski definition) is 1. The van der Waals surface area contributed by atoms with Gasteiger partial charge in [0, 0.05) is 25.3 Å². The summed E-state index contributed by atoms with van der Waals surface area (Å²) in [6.45, 7) is 5.63. The van der Waals surface area contributed by atoms with Crippen LogP contribution in [-0.2, 0) is 14.3 Å². The van der Waals surface area contributed by atoms with E-state index < -0.39 is 0 Å². The first-order valence-electron chi connectivity index (χ1n) is 7.67. The van der Waals surface area contributed by atoms with Gasteiger partial charge in [-0.3, -0.25) is 4.79 Å². The van der Waals surface area contributed by atoms with Crippen molar-refractivity contribution in [2.24, 2.45) is 17.8 Å². The SMILES string of the molecule is CC1CCC2(CC1)OCC(CNC(=O)C1CC1C)O2. The van der Waals surface area contributed by atoms with Gasteiger partial charge in [-0.2, -0.15) is 0 Å². The van der Waals surface area contributed by atoms with Crippen LogP contribution in [0.3, 0.4) is 0 Å². The maximum atomic E-state index is 11.8. The van der Waals surface area contributed by atoms with E-state index in [4.69, 9.17) is 9.47 Å². The lowest BCUT2D eigenvalue weighted by molar-refractivity contribution is -0.191. The Balaban J connectivity index is 1.43. The van der Waals surface area contributed by atoms with Crippen molar-refractivity contribution < 1.29 is 14.3 Å². The van der Waals surface area contributed by atoms with Crippen molar-refractivity contribution in [1.29, 1.82) is 0 Å². The van der Waals surface area contributed by atoms with E-state index in [0.717, 1.165) is 25.2 Å². The van der Waals surface area contributed by atoms with E-state index in [0.29, 0.717) is 19.1 Å². The van der Waals surface area contributed by atoms with Gasteiger partial charge in [-0.25, -0.2) is 0 Å². The Labute approximate surface area is 115 Å². The summed E-state index contributed by atoms with van der Waals surface area (Å²) in [4.78, 5) is 11.8. The van der Waals surface area contributed by atoms with Gasteiger partial charge in [0.2, 0.25) is 5.91 Å². The molecular formula is C15H25NO3. The van der Waals surface area contributed by atoms with E-state index >= 15 is 0 Å². The molecule has 3 rings (SSSR count). The Bertz CT molecular complexity index is 349. The minimum absolute atomic E-state index is 0.0337. The Morgan fingerprint density at radius 3 is 2.63 bits per heavy atom. The molecule has 4 nitrogen and oxygen atoms in total. The Hall–Kier alpha value is -0.610. The molecule has 0 aromatic carbocycles. The van der Waals surface area contributed by atoms with Gasteiger partial charge in [0.05, 0.1) is 6.61 Å². The third-order valence-corrected chi connectivity index (χ3v) is 4.90. The second kappa shape index (κ2) is 5.06. The van der Waals surface area contributed by atoms with Crippen molar-refractivity contribution >= 4 is 5.91 Å². The van der Waals surface area contributed by atoms with E-state index in [1.54, 1.807) is 0 Å². The first-order chi connectivity index (χ1) is 9.08. The molecule has 0 bridgehead atoms. The number of amides is 1. The third kappa shape index (κ3) is 2.95. The maximum Gasteiger partial charge on any atom is 0.223 e. The lowest BCUT2D eigenvalue weighted by atomic mass is 9.86. The predicted octanol–water partition coefficient (Wildman–Crippen LogP) is 2.08. The van der Waals surface area contributed by atoms with Gasteiger partial charge in [0.25, 0.3) is 0 Å². The molecular weight excluding hydrogens is 242 g/mol. The van der Waals surface area contributed by atoms with Crippen molar-refractivity contribution in [3.05, 3.63) is 0 Å². The zero-order chi connectivity index (χ0) is 13.5. The van der Waals surface area contributed by atoms with E-state index in [9.17, 15) is 4.79 Å². The lowest BCUT2D eigenvalue weighted by Crippen LogP contribution is -2.38. The number of rotatable bonds is 3. The summed E-state index contributed by atoms with van der Waals surface area (Å²) in [7, 11) is 0. The molecule has 1 saturated heterocycles. The monoisotopic (exact) mass is 267 g/mol. The van der Waals surface area contributed by atoms with E-state index in [1.807, 2.05) is 0 Å². The molecule has 4 heteroatoms. The smallest absolute Gasteiger partial charge is 0.223 e. The summed E-state index contributed by atoms with van der Waals surface area (Å²) < 4.78 is 12.0. The minimum Gasteiger partial charge on any atom is -0.353 e. The van der Waals surface area contributed by atoms with Crippen LogP contribution in [0.2, 0.25) is 0 Å². The molecule has 1 amide bonds. The fourth-order valence-electron chi connectivity index (χ4n) is 3.21. The molecule has 3 unspecified atom stereocenters. The highest BCUT2D eigenvalue weighted by Crippen LogP contribution is 2.40. The van der Waals surface area contributed by atoms with E-state index in [-0.39, 0.29) is 23.7 Å². The van der Waals surface area contributed by atoms with Crippen LogP contribution in [-0.4, -0.2) is 30.9 Å². The van der Waals surface area contributed by atoms with Crippen molar-refractivity contribution in [3.63, 3.8) is 0 Å². The molecule has 0 aromatic rings. The molecule has 3 fully saturated rings. The van der Waals surface area contributed by atoms with Gasteiger partial charge in [0.1, 0.15) is 6.10 Å². The molecule has 1 aliphatic heterocycles. The Morgan fingerprint density at radius 1 is 1.32 bits per heavy atom. The normalized spacial score (nSPS) is 45.4. The molecule has 0 radical (unpaired) electrons. The second-order valence-corrected chi connectivity index (χ2v) is 6.71. The fourth-order valence-corrected chi connectivity index (χ4v) is 3.21. The summed E-state index contributed by atoms with van der Waals surface area (Å²) in [5, 5.41) is 3.00. The Morgan fingerprint density at radius 2 is 2.00 bits per heavy atom. The highest BCUT2D eigenvalue weighted by molar-refractivity contribution is 5.81. The van der Waals surface area contributed by atoms with Crippen molar-refractivity contribution in [2.75, 3.05) is 13.2 Å². The number of hydrogen-bond acceptors (Lipinski definition) is 3. The quantitative estimate of drug-likeness (QED) is 0.851. The van der Waals surface area contributed by atoms with Crippen LogP contribution in [0.15, 0.2) is 0 Å². The summed E-state index contributed by atoms with van der Waals surface area (Å²) in [5.74, 6) is 1.44. The van der Waals surface area contributed by atoms with Crippen molar-refractivity contribution in [3.8, 4) is 0 Å². The molecule has 1 N–H and O–H groups in total. The van der Waals surface area contributed by atoms with Crippen LogP contribution in [0.1, 0.15) is 46.0 Å². The van der Waals surface area contributed by atoms with Gasteiger partial charge in [-0.05, 0) is 31.1 Å². The van der Waals surface area contributed by atoms with Gasteiger partial charge in [-0.1, -0.05) is 13.8 Å². The van der Waals surface area contributed by atoms with Crippen LogP contribution in [0.5, 0.6) is 0 Å². The first kappa shape index (κ1) is 13.4. The molecule has 2 saturated carbocycles. The summed E-state index contributed by atoms with van der Waals surface area (Å²) in [5.41, 5.74) is 0. The first-order valence-corrected chi connectivity index (χ1v) is 7.67. The van der Waals surface area contributed by atoms with Crippen molar-refractivity contribution in [2.45, 2.75) is 57.8 Å². The van der Waals surface area contributed by atoms with Crippen LogP contribution in [0.4, 0.5) is 0 Å². The third-order valence-electron chi connectivity index (χ3n) is 4.90. The van der Waals surface area contributed by atoms with Crippen LogP contribution >= 0.6 is 0 Å². The van der Waals surface area contributed by atoms with Crippen LogP contribution in [0, 0.1) is 17.8 Å². The lowest BCUT2D eigenvalue weighted by Gasteiger charge is -2.34.